The van der Waals surface area contributed by atoms with E-state index in [1.54, 1.807) is 32.0 Å². The molecule has 3 rings (SSSR count). The Bertz CT molecular complexity index is 901. The molecule has 8 nitrogen and oxygen atoms in total. The van der Waals surface area contributed by atoms with Gasteiger partial charge in [0.05, 0.1) is 11.4 Å². The number of benzene rings is 1. The third kappa shape index (κ3) is 3.14. The van der Waals surface area contributed by atoms with Crippen molar-refractivity contribution >= 4 is 9.84 Å². The highest BCUT2D eigenvalue weighted by atomic mass is 32.2. The lowest BCUT2D eigenvalue weighted by Crippen LogP contribution is -2.17. The third-order valence-electron chi connectivity index (χ3n) is 3.42. The first-order valence-corrected chi connectivity index (χ1v) is 8.66. The van der Waals surface area contributed by atoms with Crippen LogP contribution >= 0.6 is 0 Å². The van der Waals surface area contributed by atoms with E-state index >= 15 is 0 Å². The van der Waals surface area contributed by atoms with Crippen LogP contribution in [0.25, 0.3) is 5.69 Å². The minimum absolute atomic E-state index is 0.253. The molecule has 0 saturated carbocycles. The van der Waals surface area contributed by atoms with Crippen molar-refractivity contribution in [3.05, 3.63) is 53.7 Å². The van der Waals surface area contributed by atoms with E-state index in [9.17, 15) is 8.42 Å². The first kappa shape index (κ1) is 15.3. The van der Waals surface area contributed by atoms with Crippen molar-refractivity contribution in [2.75, 3.05) is 0 Å². The van der Waals surface area contributed by atoms with E-state index in [1.807, 2.05) is 18.2 Å². The van der Waals surface area contributed by atoms with E-state index < -0.39 is 15.1 Å². The molecule has 2 aromatic heterocycles. The minimum atomic E-state index is -3.55. The van der Waals surface area contributed by atoms with Crippen LogP contribution < -0.4 is 0 Å². The Labute approximate surface area is 133 Å². The van der Waals surface area contributed by atoms with Crippen LogP contribution in [0.1, 0.15) is 29.5 Å². The monoisotopic (exact) mass is 333 g/mol. The predicted molar refractivity (Wildman–Crippen MR) is 81.4 cm³/mol. The van der Waals surface area contributed by atoms with Crippen molar-refractivity contribution in [1.29, 1.82) is 0 Å². The van der Waals surface area contributed by atoms with Gasteiger partial charge in [-0.25, -0.2) is 8.42 Å². The van der Waals surface area contributed by atoms with E-state index in [4.69, 9.17) is 4.52 Å². The first-order valence-electron chi connectivity index (χ1n) is 6.95. The number of hydrogen-bond acceptors (Lipinski definition) is 7. The molecule has 0 fully saturated rings. The normalized spacial score (nSPS) is 13.1. The highest BCUT2D eigenvalue weighted by Gasteiger charge is 2.30. The van der Waals surface area contributed by atoms with Gasteiger partial charge < -0.3 is 4.52 Å². The molecule has 3 aromatic rings. The molecule has 23 heavy (non-hydrogen) atoms. The van der Waals surface area contributed by atoms with Gasteiger partial charge in [0.15, 0.2) is 21.4 Å². The molecule has 1 aromatic carbocycles. The zero-order valence-electron chi connectivity index (χ0n) is 12.6. The van der Waals surface area contributed by atoms with Gasteiger partial charge in [0.1, 0.15) is 11.0 Å². The molecule has 0 spiro atoms. The zero-order valence-corrected chi connectivity index (χ0v) is 13.4. The summed E-state index contributed by atoms with van der Waals surface area (Å²) in [4.78, 5) is 0. The summed E-state index contributed by atoms with van der Waals surface area (Å²) >= 11 is 0. The lowest BCUT2D eigenvalue weighted by Gasteiger charge is -2.11. The molecule has 0 radical (unpaired) electrons. The van der Waals surface area contributed by atoms with Crippen molar-refractivity contribution in [1.82, 2.24) is 25.4 Å². The second-order valence-electron chi connectivity index (χ2n) is 5.17. The number of hydrogen-bond donors (Lipinski definition) is 0. The Hall–Kier alpha value is -2.55. The lowest BCUT2D eigenvalue weighted by atomic mass is 10.3. The van der Waals surface area contributed by atoms with Gasteiger partial charge in [-0.2, -0.15) is 4.68 Å². The lowest BCUT2D eigenvalue weighted by molar-refractivity contribution is 0.388. The number of para-hydroxylation sites is 1. The summed E-state index contributed by atoms with van der Waals surface area (Å²) in [5.41, 5.74) is 1.34. The smallest absolute Gasteiger partial charge is 0.174 e. The highest BCUT2D eigenvalue weighted by molar-refractivity contribution is 7.90. The third-order valence-corrected chi connectivity index (χ3v) is 5.39. The SMILES string of the molecule is Cc1cc(CS(=O)(=O)[C@H](C)c2nnnn2-c2ccccc2)on1. The van der Waals surface area contributed by atoms with Gasteiger partial charge in [-0.05, 0) is 36.4 Å². The van der Waals surface area contributed by atoms with Crippen LogP contribution in [0.2, 0.25) is 0 Å². The summed E-state index contributed by atoms with van der Waals surface area (Å²) < 4.78 is 31.6. The van der Waals surface area contributed by atoms with Gasteiger partial charge >= 0.3 is 0 Å². The Kier molecular flexibility index (Phi) is 3.95. The second-order valence-corrected chi connectivity index (χ2v) is 7.49. The fourth-order valence-corrected chi connectivity index (χ4v) is 3.42. The molecule has 120 valence electrons. The molecule has 0 unspecified atom stereocenters. The van der Waals surface area contributed by atoms with Crippen LogP contribution in [-0.4, -0.2) is 33.8 Å². The van der Waals surface area contributed by atoms with Crippen molar-refractivity contribution in [3.8, 4) is 5.69 Å². The standard InChI is InChI=1S/C14H15N5O3S/c1-10-8-13(22-16-10)9-23(20,21)11(2)14-15-17-18-19(14)12-6-4-3-5-7-12/h3-8,11H,9H2,1-2H3/t11-/m1/s1. The van der Waals surface area contributed by atoms with Crippen LogP contribution in [0.5, 0.6) is 0 Å². The van der Waals surface area contributed by atoms with Gasteiger partial charge in [0, 0.05) is 6.07 Å². The zero-order chi connectivity index (χ0) is 16.4. The molecular formula is C14H15N5O3S. The Morgan fingerprint density at radius 2 is 2.00 bits per heavy atom. The fourth-order valence-electron chi connectivity index (χ4n) is 2.17. The fraction of sp³-hybridized carbons (Fsp3) is 0.286. The number of rotatable bonds is 5. The highest BCUT2D eigenvalue weighted by Crippen LogP contribution is 2.25. The van der Waals surface area contributed by atoms with Gasteiger partial charge in [-0.3, -0.25) is 0 Å². The summed E-state index contributed by atoms with van der Waals surface area (Å²) in [7, 11) is -3.55. The molecule has 2 heterocycles. The van der Waals surface area contributed by atoms with Gasteiger partial charge in [-0.1, -0.05) is 23.4 Å². The molecule has 0 amide bonds. The average Bonchev–Trinajstić information content (AvgIpc) is 3.16. The maximum atomic E-state index is 12.6. The summed E-state index contributed by atoms with van der Waals surface area (Å²) in [5.74, 6) is 0.303. The summed E-state index contributed by atoms with van der Waals surface area (Å²) in [5, 5.41) is 14.2. The Balaban J connectivity index is 1.91. The first-order chi connectivity index (χ1) is 11.0. The topological polar surface area (TPSA) is 104 Å². The molecular weight excluding hydrogens is 318 g/mol. The van der Waals surface area contributed by atoms with E-state index in [1.165, 1.54) is 4.68 Å². The van der Waals surface area contributed by atoms with Crippen molar-refractivity contribution in [3.63, 3.8) is 0 Å². The maximum Gasteiger partial charge on any atom is 0.174 e. The largest absolute Gasteiger partial charge is 0.360 e. The van der Waals surface area contributed by atoms with Crippen LogP contribution in [0.3, 0.4) is 0 Å². The van der Waals surface area contributed by atoms with Crippen LogP contribution in [0.4, 0.5) is 0 Å². The Morgan fingerprint density at radius 1 is 1.26 bits per heavy atom. The number of nitrogens with zero attached hydrogens (tertiary/aromatic N) is 5. The van der Waals surface area contributed by atoms with Crippen LogP contribution in [-0.2, 0) is 15.6 Å². The molecule has 0 bridgehead atoms. The van der Waals surface area contributed by atoms with Crippen LogP contribution in [0, 0.1) is 6.92 Å². The molecule has 0 saturated heterocycles. The number of aryl methyl sites for hydroxylation is 1. The maximum absolute atomic E-state index is 12.6. The second kappa shape index (κ2) is 5.92. The molecule has 0 aliphatic rings. The van der Waals surface area contributed by atoms with Crippen molar-refractivity contribution in [2.24, 2.45) is 0 Å². The van der Waals surface area contributed by atoms with Crippen LogP contribution in [0.15, 0.2) is 40.9 Å². The van der Waals surface area contributed by atoms with E-state index in [0.29, 0.717) is 17.1 Å². The minimum Gasteiger partial charge on any atom is -0.360 e. The molecule has 0 aliphatic heterocycles. The summed E-state index contributed by atoms with van der Waals surface area (Å²) in [6, 6.07) is 10.7. The van der Waals surface area contributed by atoms with E-state index in [-0.39, 0.29) is 11.6 Å². The summed E-state index contributed by atoms with van der Waals surface area (Å²) in [6.07, 6.45) is 0. The van der Waals surface area contributed by atoms with Gasteiger partial charge in [0.2, 0.25) is 0 Å². The average molecular weight is 333 g/mol. The van der Waals surface area contributed by atoms with Gasteiger partial charge in [0.25, 0.3) is 0 Å². The molecule has 0 N–H and O–H groups in total. The van der Waals surface area contributed by atoms with E-state index in [0.717, 1.165) is 0 Å². The number of sulfone groups is 1. The Morgan fingerprint density at radius 3 is 2.65 bits per heavy atom. The molecule has 1 atom stereocenters. The molecule has 9 heteroatoms. The quantitative estimate of drug-likeness (QED) is 0.699. The number of aromatic nitrogens is 5. The van der Waals surface area contributed by atoms with E-state index in [2.05, 4.69) is 20.7 Å². The summed E-state index contributed by atoms with van der Waals surface area (Å²) in [6.45, 7) is 3.29. The van der Waals surface area contributed by atoms with Crippen molar-refractivity contribution in [2.45, 2.75) is 24.9 Å². The van der Waals surface area contributed by atoms with Gasteiger partial charge in [-0.15, -0.1) is 5.10 Å². The molecule has 0 aliphatic carbocycles. The number of tetrazole rings is 1. The predicted octanol–water partition coefficient (Wildman–Crippen LogP) is 1.63. The van der Waals surface area contributed by atoms with Crippen molar-refractivity contribution < 1.29 is 12.9 Å².